The summed E-state index contributed by atoms with van der Waals surface area (Å²) in [5.41, 5.74) is 2.84. The smallest absolute Gasteiger partial charge is 0.327 e. The minimum absolute atomic E-state index is 0.267. The van der Waals surface area contributed by atoms with Gasteiger partial charge in [0.25, 0.3) is 5.56 Å². The number of benzene rings is 1. The van der Waals surface area contributed by atoms with Crippen molar-refractivity contribution in [1.82, 2.24) is 19.2 Å². The molecule has 1 N–H and O–H groups in total. The quantitative estimate of drug-likeness (QED) is 0.573. The van der Waals surface area contributed by atoms with E-state index < -0.39 is 17.6 Å². The fraction of sp³-hybridized carbons (Fsp3) is 0.238. The molecule has 0 saturated carbocycles. The Balaban J connectivity index is 1.97. The second-order valence-corrected chi connectivity index (χ2v) is 7.32. The van der Waals surface area contributed by atoms with Crippen LogP contribution in [-0.4, -0.2) is 30.2 Å². The van der Waals surface area contributed by atoms with Crippen LogP contribution in [0, 0.1) is 18.7 Å². The van der Waals surface area contributed by atoms with E-state index in [-0.39, 0.29) is 17.1 Å². The number of aliphatic carboxylic acids is 1. The van der Waals surface area contributed by atoms with Crippen LogP contribution in [0.1, 0.15) is 25.6 Å². The van der Waals surface area contributed by atoms with Gasteiger partial charge in [0.2, 0.25) is 0 Å². The summed E-state index contributed by atoms with van der Waals surface area (Å²) in [5, 5.41) is 14.3. The van der Waals surface area contributed by atoms with Gasteiger partial charge in [0.05, 0.1) is 16.6 Å². The first-order chi connectivity index (χ1) is 13.8. The van der Waals surface area contributed by atoms with Crippen LogP contribution in [0.3, 0.4) is 0 Å². The number of carboxylic acids is 1. The fourth-order valence-corrected chi connectivity index (χ4v) is 3.69. The largest absolute Gasteiger partial charge is 0.480 e. The number of nitrogens with zero attached hydrogens (tertiary/aromatic N) is 4. The molecule has 1 atom stereocenters. The summed E-state index contributed by atoms with van der Waals surface area (Å²) in [7, 11) is 0. The molecule has 29 heavy (non-hydrogen) atoms. The summed E-state index contributed by atoms with van der Waals surface area (Å²) in [4.78, 5) is 29.1. The summed E-state index contributed by atoms with van der Waals surface area (Å²) in [6.45, 7) is 5.32. The molecule has 0 amide bonds. The molecule has 4 aromatic rings. The van der Waals surface area contributed by atoms with Gasteiger partial charge in [-0.25, -0.2) is 18.7 Å². The number of hydrogen-bond donors (Lipinski definition) is 1. The van der Waals surface area contributed by atoms with Crippen LogP contribution in [0.15, 0.2) is 47.5 Å². The highest BCUT2D eigenvalue weighted by atomic mass is 19.1. The third kappa shape index (κ3) is 2.97. The van der Waals surface area contributed by atoms with Crippen LogP contribution in [0.5, 0.6) is 0 Å². The van der Waals surface area contributed by atoms with Gasteiger partial charge in [-0.15, -0.1) is 0 Å². The van der Waals surface area contributed by atoms with Gasteiger partial charge in [0.15, 0.2) is 5.65 Å². The fourth-order valence-electron chi connectivity index (χ4n) is 3.69. The van der Waals surface area contributed by atoms with Gasteiger partial charge in [0.1, 0.15) is 11.9 Å². The zero-order chi connectivity index (χ0) is 20.9. The van der Waals surface area contributed by atoms with Crippen LogP contribution in [0.2, 0.25) is 0 Å². The van der Waals surface area contributed by atoms with E-state index in [2.05, 4.69) is 10.1 Å². The topological polar surface area (TPSA) is 89.5 Å². The average Bonchev–Trinajstić information content (AvgIpc) is 3.00. The van der Waals surface area contributed by atoms with E-state index in [1.807, 2.05) is 6.92 Å². The van der Waals surface area contributed by atoms with Crippen LogP contribution in [0.25, 0.3) is 27.7 Å². The van der Waals surface area contributed by atoms with Crippen LogP contribution < -0.4 is 5.56 Å². The Morgan fingerprint density at radius 1 is 1.17 bits per heavy atom. The molecule has 0 aliphatic carbocycles. The van der Waals surface area contributed by atoms with Crippen molar-refractivity contribution in [2.75, 3.05) is 0 Å². The molecule has 0 radical (unpaired) electrons. The molecular weight excluding hydrogens is 375 g/mol. The van der Waals surface area contributed by atoms with Gasteiger partial charge in [-0.05, 0) is 36.6 Å². The third-order valence-corrected chi connectivity index (χ3v) is 5.03. The zero-order valence-corrected chi connectivity index (χ0v) is 16.1. The number of aryl methyl sites for hydroxylation is 1. The Hall–Kier alpha value is -3.55. The summed E-state index contributed by atoms with van der Waals surface area (Å²) < 4.78 is 16.1. The standard InChI is InChI=1S/C21H19FN4O3/c1-11(2)18(21(28)29)25-9-8-16-15(20(25)27)10-23-19-17(12(3)24-26(16)19)13-4-6-14(22)7-5-13/h4-11,18H,1-3H3,(H,28,29). The molecule has 0 saturated heterocycles. The van der Waals surface area contributed by atoms with Gasteiger partial charge >= 0.3 is 5.97 Å². The predicted molar refractivity (Wildman–Crippen MR) is 106 cm³/mol. The van der Waals surface area contributed by atoms with Gasteiger partial charge in [-0.2, -0.15) is 5.10 Å². The second-order valence-electron chi connectivity index (χ2n) is 7.32. The average molecular weight is 394 g/mol. The molecule has 0 fully saturated rings. The number of rotatable bonds is 4. The maximum Gasteiger partial charge on any atom is 0.327 e. The highest BCUT2D eigenvalue weighted by Gasteiger charge is 2.25. The first-order valence-electron chi connectivity index (χ1n) is 9.17. The molecule has 0 spiro atoms. The summed E-state index contributed by atoms with van der Waals surface area (Å²) in [6.07, 6.45) is 2.92. The lowest BCUT2D eigenvalue weighted by Gasteiger charge is -2.19. The normalized spacial score (nSPS) is 12.7. The molecule has 8 heteroatoms. The van der Waals surface area contributed by atoms with E-state index in [9.17, 15) is 19.1 Å². The molecule has 1 aromatic carbocycles. The predicted octanol–water partition coefficient (Wildman–Crippen LogP) is 3.44. The Morgan fingerprint density at radius 2 is 1.86 bits per heavy atom. The van der Waals surface area contributed by atoms with Crippen molar-refractivity contribution in [3.05, 3.63) is 64.6 Å². The highest BCUT2D eigenvalue weighted by molar-refractivity contribution is 5.86. The number of halogens is 1. The van der Waals surface area contributed by atoms with Crippen LogP contribution in [-0.2, 0) is 4.79 Å². The Morgan fingerprint density at radius 3 is 2.48 bits per heavy atom. The number of aromatic nitrogens is 4. The van der Waals surface area contributed by atoms with Crippen molar-refractivity contribution in [2.45, 2.75) is 26.8 Å². The van der Waals surface area contributed by atoms with Gasteiger partial charge in [0, 0.05) is 18.0 Å². The molecule has 4 rings (SSSR count). The lowest BCUT2D eigenvalue weighted by atomic mass is 10.0. The van der Waals surface area contributed by atoms with Gasteiger partial charge in [-0.3, -0.25) is 4.79 Å². The Kier molecular flexibility index (Phi) is 4.41. The lowest BCUT2D eigenvalue weighted by molar-refractivity contribution is -0.142. The SMILES string of the molecule is Cc1nn2c(ncc3c(=O)n(C(C(=O)O)C(C)C)ccc32)c1-c1ccc(F)cc1. The molecule has 3 aromatic heterocycles. The third-order valence-electron chi connectivity index (χ3n) is 5.03. The van der Waals surface area contributed by atoms with Crippen molar-refractivity contribution in [2.24, 2.45) is 5.92 Å². The minimum Gasteiger partial charge on any atom is -0.480 e. The second kappa shape index (κ2) is 6.80. The molecule has 0 bridgehead atoms. The van der Waals surface area contributed by atoms with Crippen molar-refractivity contribution >= 4 is 22.5 Å². The first kappa shape index (κ1) is 18.8. The number of carbonyl (C=O) groups is 1. The first-order valence-corrected chi connectivity index (χ1v) is 9.17. The molecule has 7 nitrogen and oxygen atoms in total. The van der Waals surface area contributed by atoms with Crippen molar-refractivity contribution in [3.63, 3.8) is 0 Å². The van der Waals surface area contributed by atoms with Crippen molar-refractivity contribution < 1.29 is 14.3 Å². The van der Waals surface area contributed by atoms with E-state index in [4.69, 9.17) is 0 Å². The van der Waals surface area contributed by atoms with E-state index in [0.717, 1.165) is 11.1 Å². The molecule has 0 aliphatic heterocycles. The van der Waals surface area contributed by atoms with E-state index in [1.54, 1.807) is 36.6 Å². The maximum absolute atomic E-state index is 13.3. The maximum atomic E-state index is 13.3. The van der Waals surface area contributed by atoms with Crippen molar-refractivity contribution in [3.8, 4) is 11.1 Å². The summed E-state index contributed by atoms with van der Waals surface area (Å²) in [5.74, 6) is -1.67. The van der Waals surface area contributed by atoms with Crippen LogP contribution >= 0.6 is 0 Å². The lowest BCUT2D eigenvalue weighted by Crippen LogP contribution is -2.33. The Labute approximate surface area is 165 Å². The summed E-state index contributed by atoms with van der Waals surface area (Å²) >= 11 is 0. The molecule has 3 heterocycles. The number of fused-ring (bicyclic) bond motifs is 3. The number of pyridine rings is 1. The van der Waals surface area contributed by atoms with E-state index in [0.29, 0.717) is 16.9 Å². The number of carboxylic acid groups (broad SMARTS) is 1. The van der Waals surface area contributed by atoms with Gasteiger partial charge in [-0.1, -0.05) is 26.0 Å². The van der Waals surface area contributed by atoms with E-state index in [1.165, 1.54) is 29.1 Å². The van der Waals surface area contributed by atoms with E-state index >= 15 is 0 Å². The van der Waals surface area contributed by atoms with Crippen molar-refractivity contribution in [1.29, 1.82) is 0 Å². The van der Waals surface area contributed by atoms with Gasteiger partial charge < -0.3 is 9.67 Å². The number of hydrogen-bond acceptors (Lipinski definition) is 4. The summed E-state index contributed by atoms with van der Waals surface area (Å²) in [6, 6.07) is 6.75. The zero-order valence-electron chi connectivity index (χ0n) is 16.1. The minimum atomic E-state index is -1.07. The van der Waals surface area contributed by atoms with Crippen LogP contribution in [0.4, 0.5) is 4.39 Å². The Bertz CT molecular complexity index is 1310. The molecular formula is C21H19FN4O3. The monoisotopic (exact) mass is 394 g/mol. The molecule has 1 unspecified atom stereocenters. The molecule has 148 valence electrons. The molecule has 0 aliphatic rings. The highest BCUT2D eigenvalue weighted by Crippen LogP contribution is 2.29.